The zero-order chi connectivity index (χ0) is 13.3. The van der Waals surface area contributed by atoms with Gasteiger partial charge in [0.1, 0.15) is 5.60 Å². The van der Waals surface area contributed by atoms with Crippen LogP contribution in [0.5, 0.6) is 0 Å². The molecule has 2 nitrogen and oxygen atoms in total. The van der Waals surface area contributed by atoms with E-state index in [0.717, 1.165) is 13.0 Å². The molecule has 0 spiro atoms. The number of fused-ring (bicyclic) bond motifs is 2. The Hall–Kier alpha value is -0.780. The first-order chi connectivity index (χ1) is 9.15. The second-order valence-corrected chi connectivity index (χ2v) is 6.67. The number of aliphatic hydroxyl groups is 1. The molecule has 2 fully saturated rings. The molecule has 3 aliphatic rings. The lowest BCUT2D eigenvalue weighted by Crippen LogP contribution is -2.36. The molecule has 0 amide bonds. The molecule has 3 rings (SSSR count). The van der Waals surface area contributed by atoms with Crippen LogP contribution in [0.2, 0.25) is 0 Å². The average Bonchev–Trinajstić information content (AvgIpc) is 3.02. The summed E-state index contributed by atoms with van der Waals surface area (Å²) in [5.41, 5.74) is -0.806. The van der Waals surface area contributed by atoms with Crippen LogP contribution < -0.4 is 0 Å². The van der Waals surface area contributed by atoms with Gasteiger partial charge in [0.25, 0.3) is 0 Å². The van der Waals surface area contributed by atoms with E-state index in [1.165, 1.54) is 38.8 Å². The Kier molecular flexibility index (Phi) is 3.69. The van der Waals surface area contributed by atoms with E-state index in [2.05, 4.69) is 28.9 Å². The lowest BCUT2D eigenvalue weighted by Gasteiger charge is -2.30. The lowest BCUT2D eigenvalue weighted by molar-refractivity contribution is 0.0431. The minimum absolute atomic E-state index is 0.344. The highest BCUT2D eigenvalue weighted by atomic mass is 16.3. The quantitative estimate of drug-likeness (QED) is 0.608. The maximum atomic E-state index is 10.6. The van der Waals surface area contributed by atoms with Gasteiger partial charge in [-0.3, -0.25) is 4.90 Å². The summed E-state index contributed by atoms with van der Waals surface area (Å²) in [7, 11) is 0. The van der Waals surface area contributed by atoms with Gasteiger partial charge in [-0.2, -0.15) is 0 Å². The molecule has 1 N–H and O–H groups in total. The molecular weight excluding hydrogens is 234 g/mol. The molecule has 104 valence electrons. The molecule has 1 saturated heterocycles. The molecule has 2 heteroatoms. The summed E-state index contributed by atoms with van der Waals surface area (Å²) in [6.07, 6.45) is 10.9. The molecule has 0 radical (unpaired) electrons. The second-order valence-electron chi connectivity index (χ2n) is 6.67. The number of likely N-dealkylation sites (tertiary alicyclic amines) is 1. The van der Waals surface area contributed by atoms with Gasteiger partial charge in [-0.1, -0.05) is 30.4 Å². The van der Waals surface area contributed by atoms with Crippen LogP contribution >= 0.6 is 0 Å². The van der Waals surface area contributed by atoms with Crippen LogP contribution in [-0.4, -0.2) is 35.2 Å². The molecule has 0 aromatic heterocycles. The molecule has 2 aliphatic carbocycles. The standard InChI is InChI=1S/C17H25NO/c1-17(19,16-13-14-6-7-15(16)12-14)8-5-11-18-9-3-2-4-10-18/h6-7,14-16,19H,2-4,9-13H2,1H3/t14-,15-,16-,17-/m1/s1. The molecule has 4 atom stereocenters. The first kappa shape index (κ1) is 13.2. The van der Waals surface area contributed by atoms with Crippen molar-refractivity contribution in [3.8, 4) is 11.8 Å². The summed E-state index contributed by atoms with van der Waals surface area (Å²) < 4.78 is 0. The smallest absolute Gasteiger partial charge is 0.126 e. The monoisotopic (exact) mass is 259 g/mol. The summed E-state index contributed by atoms with van der Waals surface area (Å²) in [6.45, 7) is 5.09. The average molecular weight is 259 g/mol. The summed E-state index contributed by atoms with van der Waals surface area (Å²) in [4.78, 5) is 2.41. The Balaban J connectivity index is 1.57. The van der Waals surface area contributed by atoms with Crippen molar-refractivity contribution in [2.24, 2.45) is 17.8 Å². The number of nitrogens with zero attached hydrogens (tertiary/aromatic N) is 1. The van der Waals surface area contributed by atoms with Crippen molar-refractivity contribution >= 4 is 0 Å². The SMILES string of the molecule is C[C@@](O)(C#CCN1CCCCC1)[C@@H]1C[C@@H]2C=C[C@@H]1C2. The molecule has 1 saturated carbocycles. The van der Waals surface area contributed by atoms with Crippen LogP contribution in [-0.2, 0) is 0 Å². The van der Waals surface area contributed by atoms with Crippen molar-refractivity contribution in [1.82, 2.24) is 4.90 Å². The number of hydrogen-bond acceptors (Lipinski definition) is 2. The number of hydrogen-bond donors (Lipinski definition) is 1. The third kappa shape index (κ3) is 2.88. The van der Waals surface area contributed by atoms with E-state index >= 15 is 0 Å². The Labute approximate surface area is 116 Å². The highest BCUT2D eigenvalue weighted by Crippen LogP contribution is 2.47. The van der Waals surface area contributed by atoms with E-state index in [0.29, 0.717) is 17.8 Å². The Bertz CT molecular complexity index is 409. The molecule has 1 aliphatic heterocycles. The van der Waals surface area contributed by atoms with Gasteiger partial charge in [-0.25, -0.2) is 0 Å². The molecular formula is C17H25NO. The first-order valence-electron chi connectivity index (χ1n) is 7.78. The Morgan fingerprint density at radius 1 is 1.21 bits per heavy atom. The van der Waals surface area contributed by atoms with Crippen LogP contribution in [0.15, 0.2) is 12.2 Å². The van der Waals surface area contributed by atoms with E-state index in [1.807, 2.05) is 6.92 Å². The number of piperidine rings is 1. The zero-order valence-corrected chi connectivity index (χ0v) is 11.9. The van der Waals surface area contributed by atoms with Gasteiger partial charge < -0.3 is 5.11 Å². The van der Waals surface area contributed by atoms with Gasteiger partial charge >= 0.3 is 0 Å². The first-order valence-corrected chi connectivity index (χ1v) is 7.78. The molecule has 0 aromatic carbocycles. The van der Waals surface area contributed by atoms with E-state index in [4.69, 9.17) is 0 Å². The second kappa shape index (κ2) is 5.31. The van der Waals surface area contributed by atoms with Gasteiger partial charge in [0.05, 0.1) is 6.54 Å². The maximum absolute atomic E-state index is 10.6. The highest BCUT2D eigenvalue weighted by Gasteiger charge is 2.44. The van der Waals surface area contributed by atoms with Gasteiger partial charge in [-0.15, -0.1) is 0 Å². The van der Waals surface area contributed by atoms with Crippen LogP contribution in [0.4, 0.5) is 0 Å². The van der Waals surface area contributed by atoms with E-state index < -0.39 is 5.60 Å². The van der Waals surface area contributed by atoms with Gasteiger partial charge in [-0.05, 0) is 57.5 Å². The molecule has 2 bridgehead atoms. The Morgan fingerprint density at radius 3 is 2.63 bits per heavy atom. The predicted molar refractivity (Wildman–Crippen MR) is 77.5 cm³/mol. The summed E-state index contributed by atoms with van der Waals surface area (Å²) in [5, 5.41) is 10.6. The van der Waals surface area contributed by atoms with Crippen LogP contribution in [0.1, 0.15) is 39.0 Å². The normalized spacial score (nSPS) is 36.8. The van der Waals surface area contributed by atoms with E-state index in [1.54, 1.807) is 0 Å². The van der Waals surface area contributed by atoms with Gasteiger partial charge in [0.15, 0.2) is 0 Å². The van der Waals surface area contributed by atoms with E-state index in [-0.39, 0.29) is 0 Å². The zero-order valence-electron chi connectivity index (χ0n) is 11.9. The van der Waals surface area contributed by atoms with Gasteiger partial charge in [0, 0.05) is 5.92 Å². The predicted octanol–water partition coefficient (Wildman–Crippen LogP) is 2.44. The fourth-order valence-electron chi connectivity index (χ4n) is 3.97. The largest absolute Gasteiger partial charge is 0.378 e. The van der Waals surface area contributed by atoms with Crippen molar-refractivity contribution < 1.29 is 5.11 Å². The van der Waals surface area contributed by atoms with Crippen molar-refractivity contribution in [3.05, 3.63) is 12.2 Å². The van der Waals surface area contributed by atoms with Crippen molar-refractivity contribution in [3.63, 3.8) is 0 Å². The molecule has 1 heterocycles. The third-order valence-corrected chi connectivity index (χ3v) is 5.09. The van der Waals surface area contributed by atoms with Crippen LogP contribution in [0, 0.1) is 29.6 Å². The van der Waals surface area contributed by atoms with Crippen LogP contribution in [0.3, 0.4) is 0 Å². The van der Waals surface area contributed by atoms with Crippen molar-refractivity contribution in [1.29, 1.82) is 0 Å². The summed E-state index contributed by atoms with van der Waals surface area (Å²) in [5.74, 6) is 8.00. The summed E-state index contributed by atoms with van der Waals surface area (Å²) >= 11 is 0. The Morgan fingerprint density at radius 2 is 2.00 bits per heavy atom. The molecule has 19 heavy (non-hydrogen) atoms. The highest BCUT2D eigenvalue weighted by molar-refractivity contribution is 5.22. The fraction of sp³-hybridized carbons (Fsp3) is 0.765. The number of rotatable bonds is 2. The molecule has 0 unspecified atom stereocenters. The van der Waals surface area contributed by atoms with E-state index in [9.17, 15) is 5.11 Å². The van der Waals surface area contributed by atoms with Crippen molar-refractivity contribution in [2.75, 3.05) is 19.6 Å². The van der Waals surface area contributed by atoms with Gasteiger partial charge in [0.2, 0.25) is 0 Å². The fourth-order valence-corrected chi connectivity index (χ4v) is 3.97. The topological polar surface area (TPSA) is 23.5 Å². The number of allylic oxidation sites excluding steroid dienone is 2. The lowest BCUT2D eigenvalue weighted by atomic mass is 9.80. The molecule has 0 aromatic rings. The third-order valence-electron chi connectivity index (χ3n) is 5.09. The minimum atomic E-state index is -0.806. The maximum Gasteiger partial charge on any atom is 0.126 e. The van der Waals surface area contributed by atoms with Crippen molar-refractivity contribution in [2.45, 2.75) is 44.6 Å². The minimum Gasteiger partial charge on any atom is -0.378 e. The van der Waals surface area contributed by atoms with Crippen LogP contribution in [0.25, 0.3) is 0 Å². The summed E-state index contributed by atoms with van der Waals surface area (Å²) in [6, 6.07) is 0.